The van der Waals surface area contributed by atoms with Crippen LogP contribution >= 0.6 is 11.6 Å². The fourth-order valence-electron chi connectivity index (χ4n) is 0.959. The number of halogens is 4. The molecule has 0 radical (unpaired) electrons. The van der Waals surface area contributed by atoms with Crippen molar-refractivity contribution in [3.63, 3.8) is 0 Å². The van der Waals surface area contributed by atoms with Crippen LogP contribution in [0.25, 0.3) is 0 Å². The van der Waals surface area contributed by atoms with Crippen molar-refractivity contribution in [2.45, 2.75) is 13.3 Å². The summed E-state index contributed by atoms with van der Waals surface area (Å²) in [6, 6.07) is 3.25. The van der Waals surface area contributed by atoms with Crippen LogP contribution in [-0.4, -0.2) is 12.1 Å². The monoisotopic (exact) mass is 238 g/mol. The van der Waals surface area contributed by atoms with E-state index < -0.39 is 12.1 Å². The van der Waals surface area contributed by atoms with Crippen LogP contribution in [0.4, 0.5) is 13.2 Å². The molecule has 15 heavy (non-hydrogen) atoms. The van der Waals surface area contributed by atoms with Gasteiger partial charge in [-0.15, -0.1) is 13.2 Å². The molecule has 0 amide bonds. The lowest BCUT2D eigenvalue weighted by atomic mass is 10.1. The van der Waals surface area contributed by atoms with E-state index in [9.17, 15) is 18.0 Å². The van der Waals surface area contributed by atoms with E-state index in [4.69, 9.17) is 11.6 Å². The molecule has 0 N–H and O–H groups in total. The number of ether oxygens (including phenoxy) is 1. The fraction of sp³-hybridized carbons (Fsp3) is 0.222. The lowest BCUT2D eigenvalue weighted by Crippen LogP contribution is -2.17. The van der Waals surface area contributed by atoms with Crippen molar-refractivity contribution in [1.29, 1.82) is 0 Å². The van der Waals surface area contributed by atoms with Crippen LogP contribution in [0, 0.1) is 0 Å². The Morgan fingerprint density at radius 1 is 1.33 bits per heavy atom. The van der Waals surface area contributed by atoms with Gasteiger partial charge in [-0.3, -0.25) is 4.79 Å². The maximum absolute atomic E-state index is 11.9. The Labute approximate surface area is 88.6 Å². The number of carbonyl (C=O) groups is 1. The van der Waals surface area contributed by atoms with E-state index in [2.05, 4.69) is 4.74 Å². The van der Waals surface area contributed by atoms with Crippen LogP contribution in [0.2, 0.25) is 5.02 Å². The van der Waals surface area contributed by atoms with E-state index in [0.29, 0.717) is 0 Å². The Morgan fingerprint density at radius 3 is 2.40 bits per heavy atom. The van der Waals surface area contributed by atoms with Crippen LogP contribution in [0.1, 0.15) is 17.3 Å². The van der Waals surface area contributed by atoms with Gasteiger partial charge in [-0.2, -0.15) is 0 Å². The molecule has 0 saturated heterocycles. The van der Waals surface area contributed by atoms with Gasteiger partial charge in [0.1, 0.15) is 5.75 Å². The first-order chi connectivity index (χ1) is 6.78. The average molecular weight is 239 g/mol. The van der Waals surface area contributed by atoms with Gasteiger partial charge in [-0.25, -0.2) is 0 Å². The number of hydrogen-bond donors (Lipinski definition) is 0. The van der Waals surface area contributed by atoms with Gasteiger partial charge < -0.3 is 4.74 Å². The van der Waals surface area contributed by atoms with Crippen LogP contribution in [0.3, 0.4) is 0 Å². The van der Waals surface area contributed by atoms with Crippen molar-refractivity contribution in [3.8, 4) is 5.75 Å². The summed E-state index contributed by atoms with van der Waals surface area (Å²) in [5, 5.41) is 0.0157. The summed E-state index contributed by atoms with van der Waals surface area (Å²) in [6.45, 7) is 1.23. The maximum atomic E-state index is 11.9. The van der Waals surface area contributed by atoms with Crippen molar-refractivity contribution in [3.05, 3.63) is 28.8 Å². The molecule has 0 aliphatic carbocycles. The molecule has 6 heteroatoms. The predicted octanol–water partition coefficient (Wildman–Crippen LogP) is 3.44. The van der Waals surface area contributed by atoms with Crippen LogP contribution in [-0.2, 0) is 0 Å². The number of ketones is 1. The third-order valence-electron chi connectivity index (χ3n) is 1.51. The molecular formula is C9H6ClF3O2. The van der Waals surface area contributed by atoms with E-state index in [1.54, 1.807) is 0 Å². The molecule has 0 fully saturated rings. The summed E-state index contributed by atoms with van der Waals surface area (Å²) in [7, 11) is 0. The average Bonchev–Trinajstić information content (AvgIpc) is 1.99. The van der Waals surface area contributed by atoms with Gasteiger partial charge in [0.25, 0.3) is 0 Å². The molecule has 2 nitrogen and oxygen atoms in total. The summed E-state index contributed by atoms with van der Waals surface area (Å²) in [6.07, 6.45) is -4.79. The van der Waals surface area contributed by atoms with E-state index in [1.807, 2.05) is 0 Å². The summed E-state index contributed by atoms with van der Waals surface area (Å²) >= 11 is 5.52. The lowest BCUT2D eigenvalue weighted by molar-refractivity contribution is -0.274. The van der Waals surface area contributed by atoms with Gasteiger partial charge in [0.2, 0.25) is 0 Å². The lowest BCUT2D eigenvalue weighted by Gasteiger charge is -2.09. The van der Waals surface area contributed by atoms with Crippen LogP contribution in [0.15, 0.2) is 18.2 Å². The van der Waals surface area contributed by atoms with E-state index in [1.165, 1.54) is 13.0 Å². The summed E-state index contributed by atoms with van der Waals surface area (Å²) in [5.74, 6) is -0.885. The Morgan fingerprint density at radius 2 is 1.93 bits per heavy atom. The summed E-state index contributed by atoms with van der Waals surface area (Å²) in [4.78, 5) is 10.9. The van der Waals surface area contributed by atoms with Gasteiger partial charge in [-0.05, 0) is 25.1 Å². The number of rotatable bonds is 2. The number of hydrogen-bond acceptors (Lipinski definition) is 2. The molecule has 0 heterocycles. The zero-order chi connectivity index (χ0) is 11.6. The van der Waals surface area contributed by atoms with Crippen molar-refractivity contribution in [2.24, 2.45) is 0 Å². The largest absolute Gasteiger partial charge is 0.573 e. The van der Waals surface area contributed by atoms with Gasteiger partial charge in [0.15, 0.2) is 5.78 Å². The van der Waals surface area contributed by atoms with Gasteiger partial charge in [0.05, 0.1) is 0 Å². The highest BCUT2D eigenvalue weighted by atomic mass is 35.5. The zero-order valence-corrected chi connectivity index (χ0v) is 8.32. The van der Waals surface area contributed by atoms with Crippen molar-refractivity contribution in [2.75, 3.05) is 0 Å². The second-order valence-corrected chi connectivity index (χ2v) is 3.22. The number of benzene rings is 1. The summed E-state index contributed by atoms with van der Waals surface area (Å²) < 4.78 is 39.2. The predicted molar refractivity (Wildman–Crippen MR) is 48.1 cm³/mol. The molecule has 1 aromatic rings. The molecule has 0 spiro atoms. The number of Topliss-reactive ketones (excluding diaryl/α,β-unsaturated/α-hetero) is 1. The first-order valence-electron chi connectivity index (χ1n) is 3.85. The third-order valence-corrected chi connectivity index (χ3v) is 1.73. The first kappa shape index (κ1) is 11.8. The minimum atomic E-state index is -4.79. The van der Waals surface area contributed by atoms with Gasteiger partial charge >= 0.3 is 6.36 Å². The SMILES string of the molecule is CC(=O)c1cc(Cl)cc(OC(F)(F)F)c1. The normalized spacial score (nSPS) is 11.3. The third kappa shape index (κ3) is 3.79. The second-order valence-electron chi connectivity index (χ2n) is 2.78. The Bertz CT molecular complexity index is 387. The maximum Gasteiger partial charge on any atom is 0.573 e. The Balaban J connectivity index is 3.04. The second kappa shape index (κ2) is 4.10. The highest BCUT2D eigenvalue weighted by Crippen LogP contribution is 2.27. The molecule has 0 atom stereocenters. The topological polar surface area (TPSA) is 26.3 Å². The van der Waals surface area contributed by atoms with E-state index >= 15 is 0 Å². The molecule has 0 aliphatic heterocycles. The summed E-state index contributed by atoms with van der Waals surface area (Å²) in [5.41, 5.74) is 0.0711. The highest BCUT2D eigenvalue weighted by Gasteiger charge is 2.31. The first-order valence-corrected chi connectivity index (χ1v) is 4.23. The molecule has 0 unspecified atom stereocenters. The molecule has 1 rings (SSSR count). The van der Waals surface area contributed by atoms with Gasteiger partial charge in [0, 0.05) is 10.6 Å². The fourth-order valence-corrected chi connectivity index (χ4v) is 1.18. The molecule has 0 aromatic heterocycles. The Hall–Kier alpha value is -1.23. The molecule has 0 bridgehead atoms. The molecular weight excluding hydrogens is 233 g/mol. The smallest absolute Gasteiger partial charge is 0.406 e. The van der Waals surface area contributed by atoms with Crippen LogP contribution < -0.4 is 4.74 Å². The van der Waals surface area contributed by atoms with Gasteiger partial charge in [-0.1, -0.05) is 11.6 Å². The molecule has 1 aromatic carbocycles. The minimum absolute atomic E-state index is 0.0157. The standard InChI is InChI=1S/C9H6ClF3O2/c1-5(14)6-2-7(10)4-8(3-6)15-9(11,12)13/h2-4H,1H3. The zero-order valence-electron chi connectivity index (χ0n) is 7.56. The quantitative estimate of drug-likeness (QED) is 0.738. The molecule has 0 saturated carbocycles. The van der Waals surface area contributed by atoms with Crippen molar-refractivity contribution >= 4 is 17.4 Å². The van der Waals surface area contributed by atoms with Crippen molar-refractivity contribution in [1.82, 2.24) is 0 Å². The van der Waals surface area contributed by atoms with Crippen molar-refractivity contribution < 1.29 is 22.7 Å². The molecule has 82 valence electrons. The van der Waals surface area contributed by atoms with Crippen LogP contribution in [0.5, 0.6) is 5.75 Å². The highest BCUT2D eigenvalue weighted by molar-refractivity contribution is 6.31. The molecule has 0 aliphatic rings. The van der Waals surface area contributed by atoms with E-state index in [0.717, 1.165) is 12.1 Å². The number of carbonyl (C=O) groups excluding carboxylic acids is 1. The minimum Gasteiger partial charge on any atom is -0.406 e. The van der Waals surface area contributed by atoms with E-state index in [-0.39, 0.29) is 16.4 Å². The number of alkyl halides is 3. The Kier molecular flexibility index (Phi) is 3.24.